The minimum absolute atomic E-state index is 0.0903. The average molecular weight is 488 g/mol. The zero-order chi connectivity index (χ0) is 25.3. The first-order valence-electron chi connectivity index (χ1n) is 11.6. The van der Waals surface area contributed by atoms with Crippen molar-refractivity contribution in [2.45, 2.75) is 0 Å². The maximum Gasteiger partial charge on any atom is 0.323 e. The van der Waals surface area contributed by atoms with E-state index >= 15 is 0 Å². The van der Waals surface area contributed by atoms with Gasteiger partial charge in [0.25, 0.3) is 0 Å². The number of amides is 3. The minimum atomic E-state index is -0.341. The van der Waals surface area contributed by atoms with Gasteiger partial charge in [0.15, 0.2) is 11.5 Å². The quantitative estimate of drug-likeness (QED) is 0.474. The summed E-state index contributed by atoms with van der Waals surface area (Å²) >= 11 is 0. The van der Waals surface area contributed by atoms with E-state index in [2.05, 4.69) is 10.6 Å². The molecule has 0 aliphatic carbocycles. The van der Waals surface area contributed by atoms with Crippen LogP contribution in [0, 0.1) is 0 Å². The second-order valence-corrected chi connectivity index (χ2v) is 8.09. The number of anilines is 2. The number of morpholine rings is 1. The molecule has 1 heterocycles. The minimum Gasteiger partial charge on any atom is -0.493 e. The van der Waals surface area contributed by atoms with Crippen molar-refractivity contribution in [3.05, 3.63) is 90.0 Å². The highest BCUT2D eigenvalue weighted by Gasteiger charge is 2.18. The summed E-state index contributed by atoms with van der Waals surface area (Å²) in [4.78, 5) is 27.2. The van der Waals surface area contributed by atoms with Gasteiger partial charge in [-0.25, -0.2) is 4.79 Å². The van der Waals surface area contributed by atoms with Gasteiger partial charge in [-0.3, -0.25) is 4.79 Å². The van der Waals surface area contributed by atoms with Crippen LogP contribution in [0.25, 0.3) is 5.57 Å². The molecule has 1 aliphatic heterocycles. The third kappa shape index (κ3) is 6.22. The number of methoxy groups -OCH3 is 2. The lowest BCUT2D eigenvalue weighted by Gasteiger charge is -2.26. The third-order valence-corrected chi connectivity index (χ3v) is 5.77. The second kappa shape index (κ2) is 11.9. The van der Waals surface area contributed by atoms with Gasteiger partial charge in [0.2, 0.25) is 5.91 Å². The molecule has 3 aromatic rings. The molecule has 1 aliphatic rings. The van der Waals surface area contributed by atoms with E-state index < -0.39 is 0 Å². The van der Waals surface area contributed by atoms with E-state index in [1.807, 2.05) is 60.7 Å². The molecule has 0 aromatic heterocycles. The number of carbonyl (C=O) groups is 2. The lowest BCUT2D eigenvalue weighted by atomic mass is 9.96. The number of hydrogen-bond donors (Lipinski definition) is 2. The van der Waals surface area contributed by atoms with Gasteiger partial charge in [-0.05, 0) is 53.1 Å². The molecule has 2 N–H and O–H groups in total. The van der Waals surface area contributed by atoms with Crippen molar-refractivity contribution >= 4 is 28.9 Å². The molecule has 8 heteroatoms. The van der Waals surface area contributed by atoms with Gasteiger partial charge in [0.05, 0.1) is 27.4 Å². The molecule has 3 amide bonds. The van der Waals surface area contributed by atoms with Crippen LogP contribution in [0.1, 0.15) is 11.1 Å². The zero-order valence-corrected chi connectivity index (χ0v) is 20.3. The molecule has 8 nitrogen and oxygen atoms in total. The smallest absolute Gasteiger partial charge is 0.323 e. The lowest BCUT2D eigenvalue weighted by Crippen LogP contribution is -2.39. The number of hydrogen-bond acceptors (Lipinski definition) is 5. The van der Waals surface area contributed by atoms with Crippen LogP contribution in [0.3, 0.4) is 0 Å². The highest BCUT2D eigenvalue weighted by molar-refractivity contribution is 6.01. The predicted octanol–water partition coefficient (Wildman–Crippen LogP) is 4.64. The molecule has 36 heavy (non-hydrogen) atoms. The molecular weight excluding hydrogens is 458 g/mol. The SMILES string of the molecule is COc1ccc(C(=CC(=O)N2CCOCC2)c2ccc(NC(=O)Nc3ccccc3)cc2)cc1OC. The number of carbonyl (C=O) groups excluding carboxylic acids is 2. The summed E-state index contributed by atoms with van der Waals surface area (Å²) in [6.45, 7) is 2.15. The average Bonchev–Trinajstić information content (AvgIpc) is 2.92. The molecule has 0 bridgehead atoms. The van der Waals surface area contributed by atoms with Crippen molar-refractivity contribution in [3.63, 3.8) is 0 Å². The van der Waals surface area contributed by atoms with Crippen LogP contribution < -0.4 is 20.1 Å². The first kappa shape index (κ1) is 24.8. The number of nitrogens with one attached hydrogen (secondary N) is 2. The number of rotatable bonds is 7. The second-order valence-electron chi connectivity index (χ2n) is 8.09. The summed E-state index contributed by atoms with van der Waals surface area (Å²) in [5, 5.41) is 5.62. The van der Waals surface area contributed by atoms with Gasteiger partial charge < -0.3 is 29.7 Å². The van der Waals surface area contributed by atoms with Crippen molar-refractivity contribution in [1.82, 2.24) is 4.90 Å². The van der Waals surface area contributed by atoms with Crippen molar-refractivity contribution < 1.29 is 23.8 Å². The van der Waals surface area contributed by atoms with E-state index in [4.69, 9.17) is 14.2 Å². The van der Waals surface area contributed by atoms with Crippen LogP contribution in [-0.4, -0.2) is 57.4 Å². The van der Waals surface area contributed by atoms with Crippen LogP contribution >= 0.6 is 0 Å². The van der Waals surface area contributed by atoms with E-state index in [9.17, 15) is 9.59 Å². The Morgan fingerprint density at radius 3 is 2.06 bits per heavy atom. The molecule has 4 rings (SSSR count). The Morgan fingerprint density at radius 2 is 1.42 bits per heavy atom. The Bertz CT molecular complexity index is 1220. The van der Waals surface area contributed by atoms with E-state index in [-0.39, 0.29) is 11.9 Å². The lowest BCUT2D eigenvalue weighted by molar-refractivity contribution is -0.129. The molecule has 0 saturated carbocycles. The Labute approximate surface area is 210 Å². The van der Waals surface area contributed by atoms with E-state index in [0.717, 1.165) is 16.7 Å². The first-order valence-corrected chi connectivity index (χ1v) is 11.6. The normalized spacial score (nSPS) is 13.6. The number of nitrogens with zero attached hydrogens (tertiary/aromatic N) is 1. The van der Waals surface area contributed by atoms with Crippen molar-refractivity contribution in [1.29, 1.82) is 0 Å². The van der Waals surface area contributed by atoms with Crippen LogP contribution in [0.15, 0.2) is 78.9 Å². The van der Waals surface area contributed by atoms with E-state index in [1.165, 1.54) is 0 Å². The van der Waals surface area contributed by atoms with Crippen LogP contribution in [0.2, 0.25) is 0 Å². The van der Waals surface area contributed by atoms with Crippen LogP contribution in [0.5, 0.6) is 11.5 Å². The largest absolute Gasteiger partial charge is 0.493 e. The maximum absolute atomic E-state index is 13.1. The highest BCUT2D eigenvalue weighted by atomic mass is 16.5. The fraction of sp³-hybridized carbons (Fsp3) is 0.214. The molecular formula is C28H29N3O5. The van der Waals surface area contributed by atoms with Gasteiger partial charge in [0.1, 0.15) is 0 Å². The summed E-state index contributed by atoms with van der Waals surface area (Å²) < 4.78 is 16.2. The standard InChI is InChI=1S/C28H29N3O5/c1-34-25-13-10-21(18-26(25)35-2)24(19-27(32)31-14-16-36-17-15-31)20-8-11-23(12-9-20)30-28(33)29-22-6-4-3-5-7-22/h3-13,18-19H,14-17H2,1-2H3,(H2,29,30,33). The number of urea groups is 1. The summed E-state index contributed by atoms with van der Waals surface area (Å²) in [5.41, 5.74) is 3.67. The van der Waals surface area contributed by atoms with Gasteiger partial charge in [0, 0.05) is 30.5 Å². The molecule has 186 valence electrons. The van der Waals surface area contributed by atoms with Gasteiger partial charge >= 0.3 is 6.03 Å². The van der Waals surface area contributed by atoms with E-state index in [1.54, 1.807) is 37.3 Å². The number of ether oxygens (including phenoxy) is 3. The summed E-state index contributed by atoms with van der Waals surface area (Å²) in [6.07, 6.45) is 1.64. The van der Waals surface area contributed by atoms with Gasteiger partial charge in [-0.15, -0.1) is 0 Å². The third-order valence-electron chi connectivity index (χ3n) is 5.77. The van der Waals surface area contributed by atoms with Crippen molar-refractivity contribution in [2.75, 3.05) is 51.2 Å². The van der Waals surface area contributed by atoms with Gasteiger partial charge in [-0.1, -0.05) is 36.4 Å². The highest BCUT2D eigenvalue weighted by Crippen LogP contribution is 2.33. The van der Waals surface area contributed by atoms with Gasteiger partial charge in [-0.2, -0.15) is 0 Å². The monoisotopic (exact) mass is 487 g/mol. The molecule has 1 saturated heterocycles. The maximum atomic E-state index is 13.1. The predicted molar refractivity (Wildman–Crippen MR) is 140 cm³/mol. The topological polar surface area (TPSA) is 89.1 Å². The fourth-order valence-electron chi connectivity index (χ4n) is 3.88. The van der Waals surface area contributed by atoms with Crippen LogP contribution in [0.4, 0.5) is 16.2 Å². The Kier molecular flexibility index (Phi) is 8.20. The number of benzene rings is 3. The van der Waals surface area contributed by atoms with Crippen molar-refractivity contribution in [3.8, 4) is 11.5 Å². The molecule has 0 atom stereocenters. The fourth-order valence-corrected chi connectivity index (χ4v) is 3.88. The van der Waals surface area contributed by atoms with Crippen molar-refractivity contribution in [2.24, 2.45) is 0 Å². The molecule has 0 unspecified atom stereocenters. The summed E-state index contributed by atoms with van der Waals surface area (Å²) in [7, 11) is 3.15. The molecule has 1 fully saturated rings. The molecule has 3 aromatic carbocycles. The Balaban J connectivity index is 1.59. The first-order chi connectivity index (χ1) is 17.6. The van der Waals surface area contributed by atoms with E-state index in [0.29, 0.717) is 49.2 Å². The number of para-hydroxylation sites is 1. The Hall–Kier alpha value is -4.30. The molecule has 0 spiro atoms. The van der Waals surface area contributed by atoms with Crippen LogP contribution in [-0.2, 0) is 9.53 Å². The molecule has 0 radical (unpaired) electrons. The zero-order valence-electron chi connectivity index (χ0n) is 20.3. The summed E-state index contributed by atoms with van der Waals surface area (Å²) in [6, 6.07) is 21.8. The Morgan fingerprint density at radius 1 is 0.806 bits per heavy atom. The summed E-state index contributed by atoms with van der Waals surface area (Å²) in [5.74, 6) is 1.08.